The molecule has 0 aromatic carbocycles. The van der Waals surface area contributed by atoms with E-state index >= 15 is 0 Å². The van der Waals surface area contributed by atoms with Crippen molar-refractivity contribution >= 4 is 11.3 Å². The molecule has 1 aromatic heterocycles. The maximum absolute atomic E-state index is 6.10. The van der Waals surface area contributed by atoms with Gasteiger partial charge in [0.2, 0.25) is 0 Å². The monoisotopic (exact) mass is 323 g/mol. The first kappa shape index (κ1) is 16.4. The predicted molar refractivity (Wildman–Crippen MR) is 92.5 cm³/mol. The van der Waals surface area contributed by atoms with E-state index in [9.17, 15) is 0 Å². The van der Waals surface area contributed by atoms with Gasteiger partial charge >= 0.3 is 0 Å². The summed E-state index contributed by atoms with van der Waals surface area (Å²) >= 11 is 1.87. The Labute approximate surface area is 138 Å². The van der Waals surface area contributed by atoms with Crippen LogP contribution in [0.25, 0.3) is 0 Å². The largest absolute Gasteiger partial charge is 0.375 e. The quantitative estimate of drug-likeness (QED) is 0.825. The summed E-state index contributed by atoms with van der Waals surface area (Å²) in [5, 5.41) is 2.18. The fraction of sp³-hybridized carbons (Fsp3) is 0.765. The highest BCUT2D eigenvalue weighted by molar-refractivity contribution is 7.09. The summed E-state index contributed by atoms with van der Waals surface area (Å²) in [6.07, 6.45) is 2.85. The van der Waals surface area contributed by atoms with Gasteiger partial charge in [-0.1, -0.05) is 6.07 Å². The average Bonchev–Trinajstić information content (AvgIpc) is 2.92. The molecule has 0 spiro atoms. The molecule has 1 aromatic rings. The van der Waals surface area contributed by atoms with Crippen LogP contribution in [-0.2, 0) is 11.3 Å². The van der Waals surface area contributed by atoms with E-state index < -0.39 is 0 Å². The van der Waals surface area contributed by atoms with Crippen molar-refractivity contribution in [2.24, 2.45) is 0 Å². The summed E-state index contributed by atoms with van der Waals surface area (Å²) in [6, 6.07) is 5.02. The van der Waals surface area contributed by atoms with Crippen LogP contribution < -0.4 is 0 Å². The zero-order valence-electron chi connectivity index (χ0n) is 13.9. The number of hydrogen-bond donors (Lipinski definition) is 0. The number of likely N-dealkylation sites (N-methyl/N-ethyl adjacent to an activating group) is 1. The van der Waals surface area contributed by atoms with Crippen molar-refractivity contribution in [3.63, 3.8) is 0 Å². The molecule has 2 fully saturated rings. The third-order valence-corrected chi connectivity index (χ3v) is 5.73. The van der Waals surface area contributed by atoms with Crippen LogP contribution in [-0.4, -0.2) is 80.3 Å². The standard InChI is InChI=1S/C17H29N3OS/c1-18(2)9-10-20-11-12-21-17-6-8-19(7-5-16(17)20)14-15-4-3-13-22-15/h3-4,13,16-17H,5-12,14H2,1-2H3/t16-,17-/m0/s1. The van der Waals surface area contributed by atoms with E-state index in [1.165, 1.54) is 37.4 Å². The van der Waals surface area contributed by atoms with Crippen LogP contribution in [0.5, 0.6) is 0 Å². The Morgan fingerprint density at radius 2 is 2.14 bits per heavy atom. The summed E-state index contributed by atoms with van der Waals surface area (Å²) in [5.74, 6) is 0. The van der Waals surface area contributed by atoms with E-state index in [-0.39, 0.29) is 0 Å². The van der Waals surface area contributed by atoms with E-state index in [0.717, 1.165) is 26.2 Å². The molecule has 4 nitrogen and oxygen atoms in total. The maximum Gasteiger partial charge on any atom is 0.0743 e. The highest BCUT2D eigenvalue weighted by atomic mass is 32.1. The Kier molecular flexibility index (Phi) is 5.88. The van der Waals surface area contributed by atoms with Crippen molar-refractivity contribution in [2.75, 3.05) is 53.4 Å². The van der Waals surface area contributed by atoms with Gasteiger partial charge in [0.25, 0.3) is 0 Å². The van der Waals surface area contributed by atoms with Crippen molar-refractivity contribution in [2.45, 2.75) is 31.5 Å². The smallest absolute Gasteiger partial charge is 0.0743 e. The van der Waals surface area contributed by atoms with Crippen LogP contribution in [0.4, 0.5) is 0 Å². The lowest BCUT2D eigenvalue weighted by atomic mass is 10.0. The second-order valence-electron chi connectivity index (χ2n) is 6.75. The summed E-state index contributed by atoms with van der Waals surface area (Å²) in [4.78, 5) is 9.04. The van der Waals surface area contributed by atoms with Gasteiger partial charge in [-0.25, -0.2) is 0 Å². The predicted octanol–water partition coefficient (Wildman–Crippen LogP) is 1.97. The number of morpholine rings is 1. The van der Waals surface area contributed by atoms with Gasteiger partial charge in [-0.15, -0.1) is 11.3 Å². The molecule has 0 saturated carbocycles. The molecular weight excluding hydrogens is 294 g/mol. The summed E-state index contributed by atoms with van der Waals surface area (Å²) in [7, 11) is 4.32. The van der Waals surface area contributed by atoms with Crippen LogP contribution in [0, 0.1) is 0 Å². The SMILES string of the molecule is CN(C)CCN1CCO[C@H]2CCN(Cc3cccs3)CC[C@@H]21. The van der Waals surface area contributed by atoms with Crippen LogP contribution in [0.1, 0.15) is 17.7 Å². The van der Waals surface area contributed by atoms with Crippen LogP contribution >= 0.6 is 11.3 Å². The highest BCUT2D eigenvalue weighted by Crippen LogP contribution is 2.25. The number of fused-ring (bicyclic) bond motifs is 1. The molecule has 0 aliphatic carbocycles. The Morgan fingerprint density at radius 3 is 2.91 bits per heavy atom. The normalized spacial score (nSPS) is 27.8. The number of likely N-dealkylation sites (tertiary alicyclic amines) is 1. The van der Waals surface area contributed by atoms with Crippen molar-refractivity contribution in [3.8, 4) is 0 Å². The van der Waals surface area contributed by atoms with Crippen molar-refractivity contribution in [3.05, 3.63) is 22.4 Å². The summed E-state index contributed by atoms with van der Waals surface area (Å²) < 4.78 is 6.10. The molecule has 124 valence electrons. The van der Waals surface area contributed by atoms with Crippen LogP contribution in [0.3, 0.4) is 0 Å². The Balaban J connectivity index is 1.56. The van der Waals surface area contributed by atoms with E-state index in [0.29, 0.717) is 12.1 Å². The molecule has 2 atom stereocenters. The number of ether oxygens (including phenoxy) is 1. The number of hydrogen-bond acceptors (Lipinski definition) is 5. The first-order valence-electron chi connectivity index (χ1n) is 8.47. The Bertz CT molecular complexity index is 437. The lowest BCUT2D eigenvalue weighted by molar-refractivity contribution is -0.0724. The zero-order valence-corrected chi connectivity index (χ0v) is 14.7. The zero-order chi connectivity index (χ0) is 15.4. The van der Waals surface area contributed by atoms with Gasteiger partial charge in [-0.05, 0) is 38.4 Å². The molecule has 3 rings (SSSR count). The molecule has 0 bridgehead atoms. The lowest BCUT2D eigenvalue weighted by Gasteiger charge is -2.40. The molecule has 22 heavy (non-hydrogen) atoms. The number of nitrogens with zero attached hydrogens (tertiary/aromatic N) is 3. The molecule has 2 aliphatic rings. The Hall–Kier alpha value is -0.460. The van der Waals surface area contributed by atoms with Crippen LogP contribution in [0.2, 0.25) is 0 Å². The van der Waals surface area contributed by atoms with Crippen LogP contribution in [0.15, 0.2) is 17.5 Å². The van der Waals surface area contributed by atoms with Gasteiger partial charge in [0, 0.05) is 50.2 Å². The molecule has 2 aliphatic heterocycles. The summed E-state index contributed by atoms with van der Waals surface area (Å²) in [6.45, 7) is 7.78. The van der Waals surface area contributed by atoms with Gasteiger partial charge in [0.15, 0.2) is 0 Å². The first-order chi connectivity index (χ1) is 10.7. The highest BCUT2D eigenvalue weighted by Gasteiger charge is 2.34. The van der Waals surface area contributed by atoms with Gasteiger partial charge in [-0.2, -0.15) is 0 Å². The maximum atomic E-state index is 6.10. The van der Waals surface area contributed by atoms with E-state index in [4.69, 9.17) is 4.74 Å². The topological polar surface area (TPSA) is 19.0 Å². The molecule has 0 unspecified atom stereocenters. The molecule has 3 heterocycles. The Morgan fingerprint density at radius 1 is 1.27 bits per heavy atom. The summed E-state index contributed by atoms with van der Waals surface area (Å²) in [5.41, 5.74) is 0. The second kappa shape index (κ2) is 7.88. The third-order valence-electron chi connectivity index (χ3n) is 4.87. The average molecular weight is 324 g/mol. The second-order valence-corrected chi connectivity index (χ2v) is 7.78. The van der Waals surface area contributed by atoms with E-state index in [1.54, 1.807) is 0 Å². The number of rotatable bonds is 5. The molecule has 5 heteroatoms. The molecule has 0 N–H and O–H groups in total. The van der Waals surface area contributed by atoms with Gasteiger partial charge in [0.05, 0.1) is 12.7 Å². The van der Waals surface area contributed by atoms with E-state index in [1.807, 2.05) is 11.3 Å². The minimum atomic E-state index is 0.434. The van der Waals surface area contributed by atoms with Gasteiger partial charge < -0.3 is 9.64 Å². The fourth-order valence-corrected chi connectivity index (χ4v) is 4.35. The van der Waals surface area contributed by atoms with Gasteiger partial charge in [-0.3, -0.25) is 9.80 Å². The van der Waals surface area contributed by atoms with Gasteiger partial charge in [0.1, 0.15) is 0 Å². The molecule has 0 amide bonds. The molecule has 0 radical (unpaired) electrons. The lowest BCUT2D eigenvalue weighted by Crippen LogP contribution is -2.52. The van der Waals surface area contributed by atoms with E-state index in [2.05, 4.69) is 46.3 Å². The van der Waals surface area contributed by atoms with Crippen molar-refractivity contribution < 1.29 is 4.74 Å². The van der Waals surface area contributed by atoms with Crippen molar-refractivity contribution in [1.29, 1.82) is 0 Å². The first-order valence-corrected chi connectivity index (χ1v) is 9.35. The minimum absolute atomic E-state index is 0.434. The molecular formula is C17H29N3OS. The van der Waals surface area contributed by atoms with Crippen molar-refractivity contribution in [1.82, 2.24) is 14.7 Å². The third kappa shape index (κ3) is 4.30. The number of thiophene rings is 1. The fourth-order valence-electron chi connectivity index (χ4n) is 3.60. The molecule has 2 saturated heterocycles. The minimum Gasteiger partial charge on any atom is -0.375 e.